The average Bonchev–Trinajstić information content (AvgIpc) is 0.836. The fourth-order valence-corrected chi connectivity index (χ4v) is 13.3. The topological polar surface area (TPSA) is 355 Å². The molecule has 822 valence electrons. The molecule has 0 saturated heterocycles. The molecule has 6 aromatic carbocycles. The van der Waals surface area contributed by atoms with Crippen LogP contribution in [0.4, 0.5) is 0 Å². The largest absolute Gasteiger partial charge is 0.467 e. The molecule has 0 aromatic heterocycles. The minimum atomic E-state index is -0.534. The molecule has 30 heteroatoms. The quantitative estimate of drug-likeness (QED) is 0.0148. The van der Waals surface area contributed by atoms with Crippen molar-refractivity contribution < 1.29 is 147 Å². The zero-order valence-corrected chi connectivity index (χ0v) is 78.8. The van der Waals surface area contributed by atoms with Crippen molar-refractivity contribution in [2.75, 3.05) is 47.6 Å². The Morgan fingerprint density at radius 3 is 0.932 bits per heavy atom. The number of benzene rings is 6. The molecule has 3 fully saturated rings. The molecule has 0 heterocycles. The van der Waals surface area contributed by atoms with Crippen molar-refractivity contribution in [3.63, 3.8) is 0 Å². The van der Waals surface area contributed by atoms with Gasteiger partial charge in [0.15, 0.2) is 13.1 Å². The summed E-state index contributed by atoms with van der Waals surface area (Å²) < 4.78 is 109. The van der Waals surface area contributed by atoms with Gasteiger partial charge in [0.05, 0.1) is 17.8 Å². The molecule has 0 aliphatic heterocycles. The van der Waals surface area contributed by atoms with Crippen LogP contribution in [0.25, 0.3) is 12.2 Å². The van der Waals surface area contributed by atoms with Gasteiger partial charge in [0.2, 0.25) is 40.8 Å². The Labute approximate surface area is 876 Å². The summed E-state index contributed by atoms with van der Waals surface area (Å²) in [5.41, 5.74) is 9.99. The lowest BCUT2D eigenvalue weighted by Gasteiger charge is -2.31. The van der Waals surface area contributed by atoms with E-state index in [0.29, 0.717) is 125 Å². The number of carbonyl (C=O) groups is 10. The third kappa shape index (κ3) is 51.7. The summed E-state index contributed by atoms with van der Waals surface area (Å²) in [6.45, 7) is 42.6. The van der Waals surface area contributed by atoms with Crippen molar-refractivity contribution in [2.45, 2.75) is 318 Å². The van der Waals surface area contributed by atoms with E-state index in [-0.39, 0.29) is 207 Å². The average molecular weight is 2060 g/mol. The number of esters is 10. The van der Waals surface area contributed by atoms with Gasteiger partial charge < -0.3 is 94.7 Å². The summed E-state index contributed by atoms with van der Waals surface area (Å²) in [6, 6.07) is 31.7. The Morgan fingerprint density at radius 1 is 0.322 bits per heavy atom. The summed E-state index contributed by atoms with van der Waals surface area (Å²) in [5.74, 6) is -0.0804. The van der Waals surface area contributed by atoms with Crippen LogP contribution in [0.5, 0.6) is 46.0 Å². The van der Waals surface area contributed by atoms with Crippen molar-refractivity contribution in [3.8, 4) is 46.0 Å². The molecule has 3 aliphatic carbocycles. The van der Waals surface area contributed by atoms with Crippen molar-refractivity contribution in [1.29, 1.82) is 0 Å². The van der Waals surface area contributed by atoms with Crippen LogP contribution < -0.4 is 37.9 Å². The minimum Gasteiger partial charge on any atom is -0.467 e. The van der Waals surface area contributed by atoms with Gasteiger partial charge in [0, 0.05) is 62.7 Å². The maximum atomic E-state index is 12.8. The monoisotopic (exact) mass is 2060 g/mol. The maximum Gasteiger partial charge on any atom is 0.338 e. The van der Waals surface area contributed by atoms with Gasteiger partial charge in [-0.05, 0) is 320 Å². The van der Waals surface area contributed by atoms with Gasteiger partial charge in [-0.25, -0.2) is 43.2 Å². The molecule has 30 nitrogen and oxygen atoms in total. The molecule has 1 unspecified atom stereocenters. The SMILES string of the molecule is C.C.C.C.C.C.C.C.C.C.C.C.C=C(C)C(=O)OCOc1ccc(/C=C\C(=O)OC2CCC(OC(=O)/C=C\c3ccc(OCOC(=O)C(=C)C)cc3C)CC2)c(C)c1.C=C(C)C(=O)OCOc1ccc(CCC(=O)OC2CCC(OC(CC)Oc3ccc(OCOC(=O)C(=C)C)cc3C)CC2)c(C)c1.C=C(C)C(=O)OCOc1ccc(OCOC2CCC(OC(=O)c3ccc(OCOC(=O)C(=C)C)cc3C)CC2)c(C)c1.[3HH].[3HH].[3HH]. The van der Waals surface area contributed by atoms with Gasteiger partial charge in [-0.1, -0.05) is 154 Å². The van der Waals surface area contributed by atoms with E-state index in [0.717, 1.165) is 83.0 Å². The third-order valence-electron chi connectivity index (χ3n) is 20.9. The molecule has 3 aliphatic rings. The van der Waals surface area contributed by atoms with Crippen LogP contribution in [0.2, 0.25) is 0 Å². The predicted molar refractivity (Wildman–Crippen MR) is 583 cm³/mol. The second-order valence-corrected chi connectivity index (χ2v) is 32.5. The van der Waals surface area contributed by atoms with E-state index >= 15 is 0 Å². The first-order chi connectivity index (χ1) is 63.9. The highest BCUT2D eigenvalue weighted by Gasteiger charge is 2.30. The molecule has 9 rings (SSSR count). The third-order valence-corrected chi connectivity index (χ3v) is 20.9. The summed E-state index contributed by atoms with van der Waals surface area (Å²) in [4.78, 5) is 119. The highest BCUT2D eigenvalue weighted by atomic mass is 16.7. The Balaban J connectivity index is -0.000000269. The summed E-state index contributed by atoms with van der Waals surface area (Å²) >= 11 is 0. The Bertz CT molecular complexity index is 5090. The van der Waals surface area contributed by atoms with E-state index in [1.54, 1.807) is 146 Å². The number of carbonyl (C=O) groups excluding carboxylic acids is 10. The molecule has 3 saturated carbocycles. The normalized spacial score (nSPS) is 14.9. The lowest BCUT2D eigenvalue weighted by molar-refractivity contribution is -0.158. The smallest absolute Gasteiger partial charge is 0.338 e. The Kier molecular flexibility index (Phi) is 72.6. The molecule has 0 spiro atoms. The molecular weight excluding hydrogens is 1870 g/mol. The fourth-order valence-electron chi connectivity index (χ4n) is 13.3. The summed E-state index contributed by atoms with van der Waals surface area (Å²) in [5, 5.41) is 0. The number of aryl methyl sites for hydroxylation is 7. The van der Waals surface area contributed by atoms with Crippen LogP contribution in [0.3, 0.4) is 0 Å². The number of ether oxygens (including phenoxy) is 20. The molecule has 0 radical (unpaired) electrons. The van der Waals surface area contributed by atoms with Crippen LogP contribution in [-0.4, -0.2) is 150 Å². The van der Waals surface area contributed by atoms with Crippen LogP contribution in [-0.2, 0) is 106 Å². The number of hydrogen-bond acceptors (Lipinski definition) is 30. The van der Waals surface area contributed by atoms with Gasteiger partial charge in [0.1, 0.15) is 70.4 Å². The first-order valence-electron chi connectivity index (χ1n) is 44.0. The summed E-state index contributed by atoms with van der Waals surface area (Å²) in [7, 11) is 0. The number of hydrogen-bond donors (Lipinski definition) is 0. The fraction of sp³-hybridized carbons (Fsp3) is 0.466. The predicted octanol–water partition coefficient (Wildman–Crippen LogP) is 27.3. The highest BCUT2D eigenvalue weighted by molar-refractivity contribution is 5.92. The van der Waals surface area contributed by atoms with Crippen LogP contribution >= 0.6 is 0 Å². The first-order valence-corrected chi connectivity index (χ1v) is 44.0. The minimum absolute atomic E-state index is 0. The Morgan fingerprint density at radius 2 is 0.610 bits per heavy atom. The van der Waals surface area contributed by atoms with Gasteiger partial charge in [-0.15, -0.1) is 0 Å². The molecule has 0 N–H and O–H groups in total. The molecule has 0 bridgehead atoms. The summed E-state index contributed by atoms with van der Waals surface area (Å²) in [6.07, 6.45) is 14.6. The van der Waals surface area contributed by atoms with Gasteiger partial charge in [-0.2, -0.15) is 0 Å². The van der Waals surface area contributed by atoms with Gasteiger partial charge in [0.25, 0.3) is 0 Å². The Hall–Kier alpha value is -13.7. The van der Waals surface area contributed by atoms with Crippen LogP contribution in [0, 0.1) is 41.5 Å². The molecule has 1 atom stereocenters. The first kappa shape index (κ1) is 143. The van der Waals surface area contributed by atoms with E-state index in [9.17, 15) is 47.9 Å². The maximum absolute atomic E-state index is 12.8. The highest BCUT2D eigenvalue weighted by Crippen LogP contribution is 2.33. The van der Waals surface area contributed by atoms with E-state index in [4.69, 9.17) is 94.7 Å². The van der Waals surface area contributed by atoms with Crippen LogP contribution in [0.1, 0.15) is 292 Å². The molecule has 0 amide bonds. The lowest BCUT2D eigenvalue weighted by atomic mass is 9.95. The van der Waals surface area contributed by atoms with Crippen LogP contribution in [0.15, 0.2) is 194 Å². The van der Waals surface area contributed by atoms with E-state index in [1.165, 1.54) is 12.2 Å². The van der Waals surface area contributed by atoms with Gasteiger partial charge >= 0.3 is 59.7 Å². The van der Waals surface area contributed by atoms with E-state index in [1.807, 2.05) is 65.8 Å². The molecule has 146 heavy (non-hydrogen) atoms. The van der Waals surface area contributed by atoms with Crippen molar-refractivity contribution >= 4 is 71.8 Å². The zero-order valence-electron chi connectivity index (χ0n) is 78.8. The van der Waals surface area contributed by atoms with Crippen molar-refractivity contribution in [3.05, 3.63) is 250 Å². The second-order valence-electron chi connectivity index (χ2n) is 32.5. The van der Waals surface area contributed by atoms with Gasteiger partial charge in [-0.3, -0.25) is 4.79 Å². The lowest BCUT2D eigenvalue weighted by Crippen LogP contribution is -2.33. The molecular formula is C116H178O30. The standard InChI is InChI=1S/C36H40O10.C36H46O10.C32H38O10.12CH4.3H2/c1-23(2)35(39)43-21-41-31-11-7-27(25(5)19-31)9-17-33(37)45-29-13-15-30(16-14-29)46-34(38)18-10-28-8-12-32(20-26(28)6)42-22-44-36(40)24(3)4;1-8-34(46-32-17-16-31(20-26(32)7)41-22-43-36(39)24(4)5)45-29-14-12-28(13-15-29)44-33(37)18-10-27-9-11-30(19-25(27)6)40-21-42-35(38)23(2)3;1-20(2)30(33)40-18-37-26-11-13-28(22(5)15-26)32(35)42-25-9-7-24(8-10-25)36-17-39-29-14-12-27(16-23(29)6)38-19-41-31(34)21(3)4;;;;;;;;;;;;;;;/h7-12,17-20,29-30H,1,3,13-16,21-22H2,2,4-6H3;9,11,16-17,19-20,28-29,34H,2,4,8,10,12-15,18,21-22H2,1,3,5-7H3;11-16,24-25H,1,3,7-10,17-19H2,2,4-6H3;12*1H4;3*1H/b17-9-,18-10-;;;;;;;;;;;;;;;;;/i;;;;;;;;;;;;;;;3*1+2. The number of rotatable bonds is 45. The zero-order chi connectivity index (χ0) is 97.9. The van der Waals surface area contributed by atoms with Crippen molar-refractivity contribution in [2.24, 2.45) is 0 Å². The van der Waals surface area contributed by atoms with Crippen molar-refractivity contribution in [1.82, 2.24) is 0 Å². The van der Waals surface area contributed by atoms with E-state index in [2.05, 4.69) is 39.5 Å². The molecule has 6 aromatic rings. The second kappa shape index (κ2) is 74.2. The van der Waals surface area contributed by atoms with E-state index < -0.39 is 60.0 Å².